The van der Waals surface area contributed by atoms with Crippen molar-refractivity contribution in [2.45, 2.75) is 11.6 Å². The first kappa shape index (κ1) is 14.2. The van der Waals surface area contributed by atoms with E-state index in [9.17, 15) is 8.42 Å². The van der Waals surface area contributed by atoms with Crippen molar-refractivity contribution in [2.24, 2.45) is 7.05 Å². The molecule has 7 heteroatoms. The Bertz CT molecular complexity index is 665. The molecule has 0 atom stereocenters. The summed E-state index contributed by atoms with van der Waals surface area (Å²) >= 11 is 3.35. The van der Waals surface area contributed by atoms with Crippen LogP contribution in [0, 0.1) is 0 Å². The van der Waals surface area contributed by atoms with E-state index in [1.807, 2.05) is 24.3 Å². The molecular formula is C12H14BrN3O2S. The summed E-state index contributed by atoms with van der Waals surface area (Å²) in [6, 6.07) is 9.05. The molecule has 0 aliphatic heterocycles. The molecule has 1 aromatic heterocycles. The highest BCUT2D eigenvalue weighted by molar-refractivity contribution is 9.10. The van der Waals surface area contributed by atoms with Crippen molar-refractivity contribution < 1.29 is 8.42 Å². The Morgan fingerprint density at radius 2 is 1.89 bits per heavy atom. The molecule has 0 amide bonds. The summed E-state index contributed by atoms with van der Waals surface area (Å²) in [7, 11) is -0.341. The van der Waals surface area contributed by atoms with Gasteiger partial charge in [0.1, 0.15) is 0 Å². The van der Waals surface area contributed by atoms with E-state index in [2.05, 4.69) is 21.0 Å². The lowest BCUT2D eigenvalue weighted by molar-refractivity contribution is 0.457. The smallest absolute Gasteiger partial charge is 0.256 e. The first-order valence-corrected chi connectivity index (χ1v) is 7.83. The molecule has 0 saturated heterocycles. The van der Waals surface area contributed by atoms with Gasteiger partial charge in [0.15, 0.2) is 5.03 Å². The van der Waals surface area contributed by atoms with E-state index in [0.717, 1.165) is 10.0 Å². The van der Waals surface area contributed by atoms with Gasteiger partial charge >= 0.3 is 0 Å². The normalized spacial score (nSPS) is 12.0. The molecule has 0 unspecified atom stereocenters. The zero-order valence-electron chi connectivity index (χ0n) is 10.6. The molecule has 0 aliphatic carbocycles. The minimum absolute atomic E-state index is 0.187. The molecule has 102 valence electrons. The lowest BCUT2D eigenvalue weighted by Crippen LogP contribution is -2.28. The Morgan fingerprint density at radius 1 is 1.26 bits per heavy atom. The third kappa shape index (κ3) is 3.05. The van der Waals surface area contributed by atoms with E-state index in [-0.39, 0.29) is 5.03 Å². The molecule has 0 spiro atoms. The van der Waals surface area contributed by atoms with Crippen LogP contribution in [0.5, 0.6) is 0 Å². The predicted octanol–water partition coefficient (Wildman–Crippen LogP) is 2.00. The number of sulfonamides is 1. The largest absolute Gasteiger partial charge is 0.260 e. The van der Waals surface area contributed by atoms with Crippen molar-refractivity contribution in [1.29, 1.82) is 0 Å². The maximum Gasteiger partial charge on any atom is 0.260 e. The van der Waals surface area contributed by atoms with Gasteiger partial charge in [-0.3, -0.25) is 4.68 Å². The Kier molecular flexibility index (Phi) is 4.07. The summed E-state index contributed by atoms with van der Waals surface area (Å²) in [6.45, 7) is 0.320. The highest BCUT2D eigenvalue weighted by atomic mass is 79.9. The Balaban J connectivity index is 2.22. The summed E-state index contributed by atoms with van der Waals surface area (Å²) in [5.74, 6) is 0. The zero-order valence-corrected chi connectivity index (χ0v) is 13.0. The lowest BCUT2D eigenvalue weighted by Gasteiger charge is -2.17. The predicted molar refractivity (Wildman–Crippen MR) is 76.0 cm³/mol. The van der Waals surface area contributed by atoms with Crippen molar-refractivity contribution in [1.82, 2.24) is 14.1 Å². The summed E-state index contributed by atoms with van der Waals surface area (Å²) < 4.78 is 28.3. The van der Waals surface area contributed by atoms with Crippen LogP contribution in [-0.4, -0.2) is 29.6 Å². The standard InChI is InChI=1S/C12H14BrN3O2S/c1-15(9-10-3-5-11(13)6-4-10)19(17,18)12-7-8-14-16(12)2/h3-8H,9H2,1-2H3. The number of aromatic nitrogens is 2. The molecule has 1 aromatic carbocycles. The second kappa shape index (κ2) is 5.44. The molecular weight excluding hydrogens is 330 g/mol. The van der Waals surface area contributed by atoms with Crippen molar-refractivity contribution in [3.63, 3.8) is 0 Å². The SMILES string of the molecule is CN(Cc1ccc(Br)cc1)S(=O)(=O)c1ccnn1C. The number of rotatable bonds is 4. The fraction of sp³-hybridized carbons (Fsp3) is 0.250. The van der Waals surface area contributed by atoms with Crippen LogP contribution in [0.25, 0.3) is 0 Å². The molecule has 0 bridgehead atoms. The van der Waals surface area contributed by atoms with Crippen molar-refractivity contribution >= 4 is 26.0 Å². The van der Waals surface area contributed by atoms with Gasteiger partial charge in [-0.15, -0.1) is 0 Å². The summed E-state index contributed by atoms with van der Waals surface area (Å²) in [5, 5.41) is 4.08. The molecule has 19 heavy (non-hydrogen) atoms. The Hall–Kier alpha value is -1.18. The second-order valence-corrected chi connectivity index (χ2v) is 7.09. The van der Waals surface area contributed by atoms with Crippen LogP contribution in [0.15, 0.2) is 46.0 Å². The molecule has 0 aliphatic rings. The Labute approximate surface area is 121 Å². The fourth-order valence-electron chi connectivity index (χ4n) is 1.71. The van der Waals surface area contributed by atoms with Crippen molar-refractivity contribution in [2.75, 3.05) is 7.05 Å². The summed E-state index contributed by atoms with van der Waals surface area (Å²) in [5.41, 5.74) is 0.927. The van der Waals surface area contributed by atoms with Crippen LogP contribution < -0.4 is 0 Å². The minimum atomic E-state index is -3.51. The molecule has 2 rings (SSSR count). The number of nitrogens with zero attached hydrogens (tertiary/aromatic N) is 3. The molecule has 2 aromatic rings. The molecule has 0 saturated carbocycles. The van der Waals surface area contributed by atoms with Gasteiger partial charge < -0.3 is 0 Å². The van der Waals surface area contributed by atoms with Gasteiger partial charge in [-0.25, -0.2) is 8.42 Å². The maximum atomic E-state index is 12.3. The van der Waals surface area contributed by atoms with Crippen molar-refractivity contribution in [3.8, 4) is 0 Å². The first-order chi connectivity index (χ1) is 8.91. The maximum absolute atomic E-state index is 12.3. The van der Waals surface area contributed by atoms with Crippen molar-refractivity contribution in [3.05, 3.63) is 46.6 Å². The van der Waals surface area contributed by atoms with Crippen LogP contribution in [0.1, 0.15) is 5.56 Å². The van der Waals surface area contributed by atoms with E-state index < -0.39 is 10.0 Å². The minimum Gasteiger partial charge on any atom is -0.256 e. The first-order valence-electron chi connectivity index (χ1n) is 5.60. The van der Waals surface area contributed by atoms with Gasteiger partial charge in [0.25, 0.3) is 10.0 Å². The zero-order chi connectivity index (χ0) is 14.0. The monoisotopic (exact) mass is 343 g/mol. The number of hydrogen-bond donors (Lipinski definition) is 0. The Morgan fingerprint density at radius 3 is 2.42 bits per heavy atom. The highest BCUT2D eigenvalue weighted by Crippen LogP contribution is 2.17. The van der Waals surface area contributed by atoms with E-state index in [4.69, 9.17) is 0 Å². The fourth-order valence-corrected chi connectivity index (χ4v) is 3.22. The van der Waals surface area contributed by atoms with E-state index in [1.54, 1.807) is 14.1 Å². The number of halogens is 1. The van der Waals surface area contributed by atoms with Gasteiger partial charge in [0.2, 0.25) is 0 Å². The molecule has 0 fully saturated rings. The van der Waals surface area contributed by atoms with E-state index in [1.165, 1.54) is 21.3 Å². The van der Waals surface area contributed by atoms with E-state index >= 15 is 0 Å². The van der Waals surface area contributed by atoms with Gasteiger partial charge in [-0.2, -0.15) is 9.40 Å². The average molecular weight is 344 g/mol. The molecule has 0 N–H and O–H groups in total. The van der Waals surface area contributed by atoms with Crippen LogP contribution in [-0.2, 0) is 23.6 Å². The second-order valence-electron chi connectivity index (χ2n) is 4.18. The number of aryl methyl sites for hydroxylation is 1. The lowest BCUT2D eigenvalue weighted by atomic mass is 10.2. The van der Waals surface area contributed by atoms with Gasteiger partial charge in [-0.1, -0.05) is 28.1 Å². The van der Waals surface area contributed by atoms with Gasteiger partial charge in [0.05, 0.1) is 6.20 Å². The number of hydrogen-bond acceptors (Lipinski definition) is 3. The summed E-state index contributed by atoms with van der Waals surface area (Å²) in [6.07, 6.45) is 1.47. The summed E-state index contributed by atoms with van der Waals surface area (Å²) in [4.78, 5) is 0. The third-order valence-electron chi connectivity index (χ3n) is 2.77. The van der Waals surface area contributed by atoms with Gasteiger partial charge in [0, 0.05) is 25.1 Å². The average Bonchev–Trinajstić information content (AvgIpc) is 2.79. The molecule has 0 radical (unpaired) electrons. The number of benzene rings is 1. The van der Waals surface area contributed by atoms with Crippen LogP contribution in [0.3, 0.4) is 0 Å². The molecule has 5 nitrogen and oxygen atoms in total. The quantitative estimate of drug-likeness (QED) is 0.853. The van der Waals surface area contributed by atoms with Crippen LogP contribution in [0.4, 0.5) is 0 Å². The van der Waals surface area contributed by atoms with E-state index in [0.29, 0.717) is 6.54 Å². The third-order valence-corrected chi connectivity index (χ3v) is 5.18. The highest BCUT2D eigenvalue weighted by Gasteiger charge is 2.23. The van der Waals surface area contributed by atoms with Gasteiger partial charge in [-0.05, 0) is 23.8 Å². The molecule has 1 heterocycles. The topological polar surface area (TPSA) is 55.2 Å². The van der Waals surface area contributed by atoms with Crippen LogP contribution in [0.2, 0.25) is 0 Å². The van der Waals surface area contributed by atoms with Crippen LogP contribution >= 0.6 is 15.9 Å².